The topological polar surface area (TPSA) is 71.5 Å². The lowest BCUT2D eigenvalue weighted by molar-refractivity contribution is -0.117. The highest BCUT2D eigenvalue weighted by atomic mass is 32.1. The van der Waals surface area contributed by atoms with Crippen LogP contribution < -0.4 is 5.32 Å². The minimum atomic E-state index is -0.239. The number of fused-ring (bicyclic) bond motifs is 1. The summed E-state index contributed by atoms with van der Waals surface area (Å²) in [6, 6.07) is 11.1. The lowest BCUT2D eigenvalue weighted by Crippen LogP contribution is -2.40. The van der Waals surface area contributed by atoms with Gasteiger partial charge in [0.05, 0.1) is 22.3 Å². The van der Waals surface area contributed by atoms with Gasteiger partial charge in [-0.25, -0.2) is 4.98 Å². The van der Waals surface area contributed by atoms with Gasteiger partial charge in [0.2, 0.25) is 5.91 Å². The van der Waals surface area contributed by atoms with E-state index in [9.17, 15) is 9.59 Å². The van der Waals surface area contributed by atoms with Crippen LogP contribution in [-0.2, 0) is 9.53 Å². The highest BCUT2D eigenvalue weighted by Crippen LogP contribution is 2.21. The van der Waals surface area contributed by atoms with Gasteiger partial charge in [0.1, 0.15) is 6.54 Å². The van der Waals surface area contributed by atoms with Crippen LogP contribution in [0.15, 0.2) is 41.9 Å². The first-order chi connectivity index (χ1) is 13.5. The van der Waals surface area contributed by atoms with Gasteiger partial charge in [0, 0.05) is 24.9 Å². The van der Waals surface area contributed by atoms with Gasteiger partial charge in [-0.1, -0.05) is 12.1 Å². The number of rotatable bonds is 7. The summed E-state index contributed by atoms with van der Waals surface area (Å²) in [5.74, 6) is -0.444. The molecule has 3 rings (SSSR count). The monoisotopic (exact) mass is 397 g/mol. The van der Waals surface area contributed by atoms with Gasteiger partial charge in [-0.2, -0.15) is 0 Å². The van der Waals surface area contributed by atoms with E-state index in [0.717, 1.165) is 27.0 Å². The predicted molar refractivity (Wildman–Crippen MR) is 112 cm³/mol. The Hall–Kier alpha value is -2.77. The zero-order valence-corrected chi connectivity index (χ0v) is 17.0. The summed E-state index contributed by atoms with van der Waals surface area (Å²) in [4.78, 5) is 31.3. The first-order valence-electron chi connectivity index (χ1n) is 8.97. The number of aromatic nitrogens is 1. The number of ether oxygens (including phenoxy) is 1. The Bertz CT molecular complexity index is 999. The Morgan fingerprint density at radius 2 is 2.04 bits per heavy atom. The van der Waals surface area contributed by atoms with E-state index in [1.165, 1.54) is 16.2 Å². The molecule has 0 unspecified atom stereocenters. The number of carbonyl (C=O) groups is 2. The zero-order valence-electron chi connectivity index (χ0n) is 16.2. The number of nitrogens with one attached hydrogen (secondary N) is 1. The summed E-state index contributed by atoms with van der Waals surface area (Å²) < 4.78 is 6.06. The molecule has 1 aromatic heterocycles. The smallest absolute Gasteiger partial charge is 0.254 e. The number of methoxy groups -OCH3 is 1. The summed E-state index contributed by atoms with van der Waals surface area (Å²) in [5, 5.41) is 2.91. The van der Waals surface area contributed by atoms with E-state index in [-0.39, 0.29) is 18.4 Å². The predicted octanol–water partition coefficient (Wildman–Crippen LogP) is 3.64. The third-order valence-electron chi connectivity index (χ3n) is 4.64. The van der Waals surface area contributed by atoms with Crippen molar-refractivity contribution >= 4 is 39.1 Å². The lowest BCUT2D eigenvalue weighted by Gasteiger charge is -2.22. The summed E-state index contributed by atoms with van der Waals surface area (Å²) in [6.45, 7) is 4.59. The standard InChI is InChI=1S/C21H23N3O3S/c1-14-5-4-6-17(15(14)2)23-20(25)12-24(9-10-27-3)21(26)16-7-8-18-19(11-16)28-13-22-18/h4-8,11,13H,9-10,12H2,1-3H3,(H,23,25). The van der Waals surface area contributed by atoms with Gasteiger partial charge in [-0.05, 0) is 49.2 Å². The number of nitrogens with zero attached hydrogens (tertiary/aromatic N) is 2. The first-order valence-corrected chi connectivity index (χ1v) is 9.85. The van der Waals surface area contributed by atoms with E-state index in [1.807, 2.05) is 44.2 Å². The van der Waals surface area contributed by atoms with Gasteiger partial charge in [-0.3, -0.25) is 9.59 Å². The molecular formula is C21H23N3O3S. The highest BCUT2D eigenvalue weighted by Gasteiger charge is 2.20. The minimum absolute atomic E-state index is 0.0453. The molecule has 28 heavy (non-hydrogen) atoms. The van der Waals surface area contributed by atoms with Crippen LogP contribution in [0.4, 0.5) is 5.69 Å². The van der Waals surface area contributed by atoms with Gasteiger partial charge in [-0.15, -0.1) is 11.3 Å². The Kier molecular flexibility index (Phi) is 6.38. The summed E-state index contributed by atoms with van der Waals surface area (Å²) in [5.41, 5.74) is 6.02. The average molecular weight is 398 g/mol. The van der Waals surface area contributed by atoms with E-state index in [1.54, 1.807) is 18.7 Å². The molecule has 146 valence electrons. The quantitative estimate of drug-likeness (QED) is 0.661. The maximum absolute atomic E-state index is 13.0. The molecule has 0 aliphatic carbocycles. The van der Waals surface area contributed by atoms with Crippen molar-refractivity contribution in [3.63, 3.8) is 0 Å². The Morgan fingerprint density at radius 1 is 1.21 bits per heavy atom. The second-order valence-electron chi connectivity index (χ2n) is 6.55. The van der Waals surface area contributed by atoms with Crippen LogP contribution >= 0.6 is 11.3 Å². The van der Waals surface area contributed by atoms with Crippen LogP contribution in [0, 0.1) is 13.8 Å². The van der Waals surface area contributed by atoms with Crippen molar-refractivity contribution in [2.75, 3.05) is 32.1 Å². The van der Waals surface area contributed by atoms with Crippen LogP contribution in [0.25, 0.3) is 10.2 Å². The number of benzene rings is 2. The van der Waals surface area contributed by atoms with Crippen molar-refractivity contribution < 1.29 is 14.3 Å². The largest absolute Gasteiger partial charge is 0.383 e. The molecule has 0 aliphatic rings. The van der Waals surface area contributed by atoms with E-state index >= 15 is 0 Å². The number of thiazole rings is 1. The molecule has 2 amide bonds. The number of amides is 2. The molecule has 0 saturated heterocycles. The Morgan fingerprint density at radius 3 is 2.82 bits per heavy atom. The van der Waals surface area contributed by atoms with Crippen LogP contribution in [0.3, 0.4) is 0 Å². The molecular weight excluding hydrogens is 374 g/mol. The van der Waals surface area contributed by atoms with E-state index in [2.05, 4.69) is 10.3 Å². The summed E-state index contributed by atoms with van der Waals surface area (Å²) >= 11 is 1.48. The van der Waals surface area contributed by atoms with Gasteiger partial charge in [0.25, 0.3) is 5.91 Å². The fourth-order valence-corrected chi connectivity index (χ4v) is 3.59. The normalized spacial score (nSPS) is 10.8. The number of hydrogen-bond donors (Lipinski definition) is 1. The fraction of sp³-hybridized carbons (Fsp3) is 0.286. The molecule has 0 fully saturated rings. The van der Waals surface area contributed by atoms with Crippen molar-refractivity contribution in [2.24, 2.45) is 0 Å². The van der Waals surface area contributed by atoms with Crippen molar-refractivity contribution in [3.05, 3.63) is 58.6 Å². The molecule has 0 bridgehead atoms. The minimum Gasteiger partial charge on any atom is -0.383 e. The third kappa shape index (κ3) is 4.55. The zero-order chi connectivity index (χ0) is 20.1. The maximum Gasteiger partial charge on any atom is 0.254 e. The SMILES string of the molecule is COCCN(CC(=O)Nc1cccc(C)c1C)C(=O)c1ccc2ncsc2c1. The summed E-state index contributed by atoms with van der Waals surface area (Å²) in [7, 11) is 1.57. The summed E-state index contributed by atoms with van der Waals surface area (Å²) in [6.07, 6.45) is 0. The fourth-order valence-electron chi connectivity index (χ4n) is 2.87. The average Bonchev–Trinajstić information content (AvgIpc) is 3.16. The molecule has 6 nitrogen and oxygen atoms in total. The third-order valence-corrected chi connectivity index (χ3v) is 5.44. The number of carbonyl (C=O) groups excluding carboxylic acids is 2. The molecule has 7 heteroatoms. The Labute approximate surface area is 168 Å². The van der Waals surface area contributed by atoms with Gasteiger partial charge in [0.15, 0.2) is 0 Å². The van der Waals surface area contributed by atoms with Crippen LogP contribution in [0.5, 0.6) is 0 Å². The lowest BCUT2D eigenvalue weighted by atomic mass is 10.1. The van der Waals surface area contributed by atoms with Crippen LogP contribution in [0.1, 0.15) is 21.5 Å². The van der Waals surface area contributed by atoms with Crippen LogP contribution in [-0.4, -0.2) is 48.5 Å². The van der Waals surface area contributed by atoms with Crippen molar-refractivity contribution in [2.45, 2.75) is 13.8 Å². The molecule has 0 radical (unpaired) electrons. The molecule has 3 aromatic rings. The Balaban J connectivity index is 1.76. The second kappa shape index (κ2) is 8.95. The molecule has 0 saturated carbocycles. The number of anilines is 1. The van der Waals surface area contributed by atoms with Crippen molar-refractivity contribution in [1.29, 1.82) is 0 Å². The molecule has 0 atom stereocenters. The molecule has 0 aliphatic heterocycles. The molecule has 1 heterocycles. The first kappa shape index (κ1) is 20.0. The maximum atomic E-state index is 13.0. The molecule has 2 aromatic carbocycles. The van der Waals surface area contributed by atoms with E-state index < -0.39 is 0 Å². The van der Waals surface area contributed by atoms with E-state index in [0.29, 0.717) is 18.7 Å². The number of hydrogen-bond acceptors (Lipinski definition) is 5. The molecule has 1 N–H and O–H groups in total. The number of aryl methyl sites for hydroxylation is 1. The van der Waals surface area contributed by atoms with Crippen LogP contribution in [0.2, 0.25) is 0 Å². The van der Waals surface area contributed by atoms with Crippen molar-refractivity contribution in [1.82, 2.24) is 9.88 Å². The van der Waals surface area contributed by atoms with Crippen molar-refractivity contribution in [3.8, 4) is 0 Å². The molecule has 0 spiro atoms. The second-order valence-corrected chi connectivity index (χ2v) is 7.44. The van der Waals surface area contributed by atoms with Gasteiger partial charge >= 0.3 is 0 Å². The van der Waals surface area contributed by atoms with E-state index in [4.69, 9.17) is 4.74 Å². The highest BCUT2D eigenvalue weighted by molar-refractivity contribution is 7.16. The van der Waals surface area contributed by atoms with Gasteiger partial charge < -0.3 is 15.0 Å².